The summed E-state index contributed by atoms with van der Waals surface area (Å²) in [5.74, 6) is 2.89. The molecular formula is C17H23N3O4. The summed E-state index contributed by atoms with van der Waals surface area (Å²) in [6, 6.07) is 3.68. The number of hydrogen-bond donors (Lipinski definition) is 1. The van der Waals surface area contributed by atoms with Gasteiger partial charge in [0.1, 0.15) is 11.5 Å². The Bertz CT molecular complexity index is 714. The van der Waals surface area contributed by atoms with E-state index >= 15 is 0 Å². The average Bonchev–Trinajstić information content (AvgIpc) is 3.02. The first-order valence-electron chi connectivity index (χ1n) is 8.00. The minimum Gasteiger partial charge on any atom is -0.496 e. The number of β-amino-alcohol motifs (C(OH)–C–C–N with tert-alkyl or cyclic N) is 1. The van der Waals surface area contributed by atoms with Crippen molar-refractivity contribution < 1.29 is 19.1 Å². The van der Waals surface area contributed by atoms with Crippen molar-refractivity contribution >= 4 is 0 Å². The van der Waals surface area contributed by atoms with E-state index in [4.69, 9.17) is 14.0 Å². The molecule has 0 spiro atoms. The zero-order valence-corrected chi connectivity index (χ0v) is 14.4. The largest absolute Gasteiger partial charge is 0.496 e. The Kier molecular flexibility index (Phi) is 4.73. The van der Waals surface area contributed by atoms with Crippen LogP contribution in [0.5, 0.6) is 11.5 Å². The van der Waals surface area contributed by atoms with Crippen LogP contribution in [0, 0.1) is 0 Å². The molecule has 0 saturated heterocycles. The Morgan fingerprint density at radius 2 is 2.00 bits per heavy atom. The fourth-order valence-corrected chi connectivity index (χ4v) is 3.02. The van der Waals surface area contributed by atoms with Gasteiger partial charge in [-0.3, -0.25) is 4.90 Å². The molecule has 130 valence electrons. The lowest BCUT2D eigenvalue weighted by molar-refractivity contribution is 0.0779. The van der Waals surface area contributed by atoms with Gasteiger partial charge >= 0.3 is 0 Å². The third-order valence-electron chi connectivity index (χ3n) is 4.22. The number of nitrogens with zero attached hydrogens (tertiary/aromatic N) is 3. The summed E-state index contributed by atoms with van der Waals surface area (Å²) in [7, 11) is 3.23. The maximum absolute atomic E-state index is 10.6. The van der Waals surface area contributed by atoms with E-state index in [9.17, 15) is 5.11 Å². The van der Waals surface area contributed by atoms with Crippen LogP contribution in [0.3, 0.4) is 0 Å². The van der Waals surface area contributed by atoms with Crippen LogP contribution in [0.1, 0.15) is 48.7 Å². The van der Waals surface area contributed by atoms with Gasteiger partial charge in [-0.25, -0.2) is 0 Å². The van der Waals surface area contributed by atoms with Gasteiger partial charge in [0.2, 0.25) is 5.89 Å². The molecule has 0 saturated carbocycles. The van der Waals surface area contributed by atoms with Crippen LogP contribution < -0.4 is 9.47 Å². The van der Waals surface area contributed by atoms with Gasteiger partial charge in [-0.2, -0.15) is 4.98 Å². The van der Waals surface area contributed by atoms with Crippen molar-refractivity contribution in [3.05, 3.63) is 35.0 Å². The van der Waals surface area contributed by atoms with E-state index < -0.39 is 6.10 Å². The number of aliphatic hydroxyl groups is 1. The van der Waals surface area contributed by atoms with Gasteiger partial charge in [0.05, 0.1) is 26.9 Å². The molecule has 1 aliphatic rings. The van der Waals surface area contributed by atoms with Gasteiger partial charge in [-0.15, -0.1) is 0 Å². The molecule has 2 heterocycles. The SMILES string of the molecule is COc1ccc(OC)c2c1CN(Cc1nc(C(C)C)no1)CC2O. The smallest absolute Gasteiger partial charge is 0.240 e. The normalized spacial score (nSPS) is 17.8. The number of methoxy groups -OCH3 is 2. The maximum atomic E-state index is 10.6. The van der Waals surface area contributed by atoms with E-state index in [2.05, 4.69) is 15.0 Å². The number of aromatic nitrogens is 2. The molecular weight excluding hydrogens is 310 g/mol. The molecule has 1 atom stereocenters. The van der Waals surface area contributed by atoms with Gasteiger partial charge in [-0.05, 0) is 12.1 Å². The predicted molar refractivity (Wildman–Crippen MR) is 87.0 cm³/mol. The fourth-order valence-electron chi connectivity index (χ4n) is 3.02. The molecule has 24 heavy (non-hydrogen) atoms. The van der Waals surface area contributed by atoms with Crippen LogP contribution in [0.15, 0.2) is 16.7 Å². The Morgan fingerprint density at radius 1 is 1.29 bits per heavy atom. The van der Waals surface area contributed by atoms with Crippen molar-refractivity contribution in [1.29, 1.82) is 0 Å². The van der Waals surface area contributed by atoms with Gasteiger partial charge in [0.15, 0.2) is 5.82 Å². The zero-order chi connectivity index (χ0) is 17.3. The molecule has 1 aliphatic heterocycles. The van der Waals surface area contributed by atoms with E-state index in [-0.39, 0.29) is 5.92 Å². The molecule has 0 bridgehead atoms. The molecule has 1 unspecified atom stereocenters. The number of aliphatic hydroxyl groups excluding tert-OH is 1. The lowest BCUT2D eigenvalue weighted by Crippen LogP contribution is -2.33. The highest BCUT2D eigenvalue weighted by molar-refractivity contribution is 5.51. The fraction of sp³-hybridized carbons (Fsp3) is 0.529. The molecule has 1 aromatic carbocycles. The highest BCUT2D eigenvalue weighted by Crippen LogP contribution is 2.39. The molecule has 0 fully saturated rings. The van der Waals surface area contributed by atoms with Crippen molar-refractivity contribution in [1.82, 2.24) is 15.0 Å². The van der Waals surface area contributed by atoms with E-state index in [0.29, 0.717) is 37.1 Å². The first kappa shape index (κ1) is 16.7. The molecule has 2 aromatic rings. The monoisotopic (exact) mass is 333 g/mol. The van der Waals surface area contributed by atoms with Gasteiger partial charge in [0, 0.05) is 30.1 Å². The third-order valence-corrected chi connectivity index (χ3v) is 4.22. The molecule has 0 aliphatic carbocycles. The molecule has 0 radical (unpaired) electrons. The molecule has 1 aromatic heterocycles. The van der Waals surface area contributed by atoms with Crippen LogP contribution in [-0.2, 0) is 13.1 Å². The van der Waals surface area contributed by atoms with E-state index in [0.717, 1.165) is 16.9 Å². The lowest BCUT2D eigenvalue weighted by atomic mass is 9.95. The van der Waals surface area contributed by atoms with Crippen molar-refractivity contribution in [2.45, 2.75) is 39.0 Å². The summed E-state index contributed by atoms with van der Waals surface area (Å²) in [5, 5.41) is 14.6. The molecule has 7 heteroatoms. The van der Waals surface area contributed by atoms with Crippen molar-refractivity contribution in [2.75, 3.05) is 20.8 Å². The molecule has 3 rings (SSSR count). The van der Waals surface area contributed by atoms with Gasteiger partial charge in [0.25, 0.3) is 0 Å². The van der Waals surface area contributed by atoms with Gasteiger partial charge < -0.3 is 19.1 Å². The number of rotatable bonds is 5. The quantitative estimate of drug-likeness (QED) is 0.899. The Morgan fingerprint density at radius 3 is 2.62 bits per heavy atom. The Labute approximate surface area is 141 Å². The number of fused-ring (bicyclic) bond motifs is 1. The number of benzene rings is 1. The second kappa shape index (κ2) is 6.78. The standard InChI is InChI=1S/C17H23N3O4/c1-10(2)17-18-15(24-19-17)9-20-7-11-13(22-3)5-6-14(23-4)16(11)12(21)8-20/h5-6,10,12,21H,7-9H2,1-4H3. The van der Waals surface area contributed by atoms with Crippen LogP contribution in [-0.4, -0.2) is 40.9 Å². The molecule has 7 nitrogen and oxygen atoms in total. The molecule has 0 amide bonds. The summed E-state index contributed by atoms with van der Waals surface area (Å²) < 4.78 is 16.2. The third kappa shape index (κ3) is 3.09. The highest BCUT2D eigenvalue weighted by atomic mass is 16.5. The first-order chi connectivity index (χ1) is 11.5. The summed E-state index contributed by atoms with van der Waals surface area (Å²) in [6.07, 6.45) is -0.661. The minimum atomic E-state index is -0.661. The van der Waals surface area contributed by atoms with Crippen molar-refractivity contribution in [3.63, 3.8) is 0 Å². The van der Waals surface area contributed by atoms with Gasteiger partial charge in [-0.1, -0.05) is 19.0 Å². The first-order valence-corrected chi connectivity index (χ1v) is 8.00. The van der Waals surface area contributed by atoms with E-state index in [1.807, 2.05) is 26.0 Å². The number of hydrogen-bond acceptors (Lipinski definition) is 7. The van der Waals surface area contributed by atoms with Crippen LogP contribution in [0.2, 0.25) is 0 Å². The summed E-state index contributed by atoms with van der Waals surface area (Å²) in [5.41, 5.74) is 1.72. The summed E-state index contributed by atoms with van der Waals surface area (Å²) >= 11 is 0. The lowest BCUT2D eigenvalue weighted by Gasteiger charge is -2.33. The average molecular weight is 333 g/mol. The van der Waals surface area contributed by atoms with Crippen LogP contribution in [0.25, 0.3) is 0 Å². The van der Waals surface area contributed by atoms with E-state index in [1.54, 1.807) is 14.2 Å². The number of ether oxygens (including phenoxy) is 2. The van der Waals surface area contributed by atoms with Crippen LogP contribution >= 0.6 is 0 Å². The molecule has 1 N–H and O–H groups in total. The summed E-state index contributed by atoms with van der Waals surface area (Å²) in [6.45, 7) is 5.61. The maximum Gasteiger partial charge on any atom is 0.240 e. The topological polar surface area (TPSA) is 80.9 Å². The van der Waals surface area contributed by atoms with Crippen molar-refractivity contribution in [2.24, 2.45) is 0 Å². The zero-order valence-electron chi connectivity index (χ0n) is 14.4. The summed E-state index contributed by atoms with van der Waals surface area (Å²) in [4.78, 5) is 6.47. The van der Waals surface area contributed by atoms with Crippen molar-refractivity contribution in [3.8, 4) is 11.5 Å². The van der Waals surface area contributed by atoms with Crippen LogP contribution in [0.4, 0.5) is 0 Å². The minimum absolute atomic E-state index is 0.222. The second-order valence-corrected chi connectivity index (χ2v) is 6.25. The Hall–Kier alpha value is -2.12. The highest BCUT2D eigenvalue weighted by Gasteiger charge is 2.30. The Balaban J connectivity index is 1.85. The second-order valence-electron chi connectivity index (χ2n) is 6.25. The predicted octanol–water partition coefficient (Wildman–Crippen LogP) is 2.26. The van der Waals surface area contributed by atoms with E-state index in [1.165, 1.54) is 0 Å².